The molecular weight excluding hydrogens is 274 g/mol. The van der Waals surface area contributed by atoms with Crippen molar-refractivity contribution in [3.05, 3.63) is 0 Å². The zero-order valence-corrected chi connectivity index (χ0v) is 14.7. The zero-order valence-electron chi connectivity index (χ0n) is 14.7. The highest BCUT2D eigenvalue weighted by atomic mass is 16.1. The van der Waals surface area contributed by atoms with E-state index in [4.69, 9.17) is 0 Å². The summed E-state index contributed by atoms with van der Waals surface area (Å²) < 4.78 is 0. The molecule has 2 aliphatic heterocycles. The number of amides is 1. The second kappa shape index (κ2) is 8.88. The van der Waals surface area contributed by atoms with Gasteiger partial charge in [-0.3, -0.25) is 4.79 Å². The normalized spacial score (nSPS) is 29.8. The molecule has 0 spiro atoms. The third-order valence-corrected chi connectivity index (χ3v) is 5.33. The molecule has 1 amide bonds. The van der Waals surface area contributed by atoms with Crippen LogP contribution in [0, 0.1) is 17.8 Å². The molecule has 0 aliphatic carbocycles. The van der Waals surface area contributed by atoms with Crippen LogP contribution >= 0.6 is 0 Å². The van der Waals surface area contributed by atoms with Gasteiger partial charge in [-0.1, -0.05) is 13.8 Å². The summed E-state index contributed by atoms with van der Waals surface area (Å²) in [5.74, 6) is 2.18. The molecule has 2 fully saturated rings. The van der Waals surface area contributed by atoms with E-state index in [1.165, 1.54) is 38.8 Å². The van der Waals surface area contributed by atoms with E-state index in [-0.39, 0.29) is 11.9 Å². The van der Waals surface area contributed by atoms with Crippen LogP contribution in [0.1, 0.15) is 52.9 Å². The van der Waals surface area contributed by atoms with Gasteiger partial charge in [-0.05, 0) is 70.0 Å². The molecule has 0 saturated carbocycles. The van der Waals surface area contributed by atoms with Crippen molar-refractivity contribution in [1.29, 1.82) is 0 Å². The Morgan fingerprint density at radius 2 is 2.14 bits per heavy atom. The van der Waals surface area contributed by atoms with E-state index in [1.807, 2.05) is 0 Å². The monoisotopic (exact) mass is 309 g/mol. The van der Waals surface area contributed by atoms with Crippen LogP contribution in [0.25, 0.3) is 0 Å². The average Bonchev–Trinajstić information content (AvgIpc) is 2.47. The molecule has 2 saturated heterocycles. The van der Waals surface area contributed by atoms with Crippen LogP contribution in [0.15, 0.2) is 0 Å². The lowest BCUT2D eigenvalue weighted by Crippen LogP contribution is -2.45. The van der Waals surface area contributed by atoms with Gasteiger partial charge in [0.25, 0.3) is 0 Å². The SMILES string of the molecule is CC1CCCN(CC(C)NC(=O)CC(C)C2CCCNC2)C1. The van der Waals surface area contributed by atoms with Crippen molar-refractivity contribution < 1.29 is 4.79 Å². The summed E-state index contributed by atoms with van der Waals surface area (Å²) in [6.45, 7) is 12.3. The molecule has 4 unspecified atom stereocenters. The summed E-state index contributed by atoms with van der Waals surface area (Å²) in [7, 11) is 0. The quantitative estimate of drug-likeness (QED) is 0.791. The summed E-state index contributed by atoms with van der Waals surface area (Å²) in [5.41, 5.74) is 0. The molecule has 2 heterocycles. The second-order valence-corrected chi connectivity index (χ2v) is 7.76. The summed E-state index contributed by atoms with van der Waals surface area (Å²) in [6, 6.07) is 0.259. The van der Waals surface area contributed by atoms with Gasteiger partial charge in [0.2, 0.25) is 5.91 Å². The maximum atomic E-state index is 12.3. The van der Waals surface area contributed by atoms with E-state index in [9.17, 15) is 4.79 Å². The molecule has 2 rings (SSSR count). The zero-order chi connectivity index (χ0) is 15.9. The van der Waals surface area contributed by atoms with Gasteiger partial charge >= 0.3 is 0 Å². The van der Waals surface area contributed by atoms with Crippen molar-refractivity contribution in [2.75, 3.05) is 32.7 Å². The largest absolute Gasteiger partial charge is 0.352 e. The Labute approximate surface area is 136 Å². The molecule has 128 valence electrons. The number of likely N-dealkylation sites (tertiary alicyclic amines) is 1. The lowest BCUT2D eigenvalue weighted by molar-refractivity contribution is -0.123. The fourth-order valence-corrected chi connectivity index (χ4v) is 4.04. The summed E-state index contributed by atoms with van der Waals surface area (Å²) >= 11 is 0. The first-order valence-electron chi connectivity index (χ1n) is 9.27. The number of hydrogen-bond donors (Lipinski definition) is 2. The Morgan fingerprint density at radius 3 is 2.82 bits per heavy atom. The lowest BCUT2D eigenvalue weighted by atomic mass is 9.85. The van der Waals surface area contributed by atoms with E-state index in [0.717, 1.165) is 25.6 Å². The minimum atomic E-state index is 0.232. The highest BCUT2D eigenvalue weighted by Gasteiger charge is 2.23. The minimum Gasteiger partial charge on any atom is -0.352 e. The van der Waals surface area contributed by atoms with E-state index in [2.05, 4.69) is 36.3 Å². The first kappa shape index (κ1) is 17.7. The van der Waals surface area contributed by atoms with Crippen molar-refractivity contribution >= 4 is 5.91 Å². The molecule has 22 heavy (non-hydrogen) atoms. The van der Waals surface area contributed by atoms with Gasteiger partial charge in [-0.15, -0.1) is 0 Å². The first-order chi connectivity index (χ1) is 10.5. The Hall–Kier alpha value is -0.610. The Balaban J connectivity index is 1.66. The molecule has 2 aliphatic rings. The molecule has 0 bridgehead atoms. The summed E-state index contributed by atoms with van der Waals surface area (Å²) in [6.07, 6.45) is 5.84. The molecule has 2 N–H and O–H groups in total. The molecule has 0 aromatic heterocycles. The number of nitrogens with one attached hydrogen (secondary N) is 2. The molecule has 4 nitrogen and oxygen atoms in total. The lowest BCUT2D eigenvalue weighted by Gasteiger charge is -2.33. The van der Waals surface area contributed by atoms with Crippen LogP contribution in [0.2, 0.25) is 0 Å². The van der Waals surface area contributed by atoms with E-state index < -0.39 is 0 Å². The maximum absolute atomic E-state index is 12.3. The van der Waals surface area contributed by atoms with Crippen LogP contribution in [-0.2, 0) is 4.79 Å². The smallest absolute Gasteiger partial charge is 0.220 e. The van der Waals surface area contributed by atoms with Gasteiger partial charge in [0.05, 0.1) is 0 Å². The van der Waals surface area contributed by atoms with Crippen molar-refractivity contribution in [2.24, 2.45) is 17.8 Å². The van der Waals surface area contributed by atoms with Crippen molar-refractivity contribution in [3.63, 3.8) is 0 Å². The van der Waals surface area contributed by atoms with E-state index >= 15 is 0 Å². The Morgan fingerprint density at radius 1 is 1.32 bits per heavy atom. The molecule has 0 aromatic rings. The third-order valence-electron chi connectivity index (χ3n) is 5.33. The predicted octanol–water partition coefficient (Wildman–Crippen LogP) is 2.25. The van der Waals surface area contributed by atoms with Gasteiger partial charge in [-0.2, -0.15) is 0 Å². The van der Waals surface area contributed by atoms with Crippen molar-refractivity contribution in [2.45, 2.75) is 58.9 Å². The summed E-state index contributed by atoms with van der Waals surface area (Å²) in [4.78, 5) is 14.8. The molecule has 4 atom stereocenters. The van der Waals surface area contributed by atoms with E-state index in [0.29, 0.717) is 18.3 Å². The standard InChI is InChI=1S/C18H35N3O/c1-14-6-5-9-21(12-14)13-16(3)20-18(22)10-15(2)17-7-4-8-19-11-17/h14-17,19H,4-13H2,1-3H3,(H,20,22). The number of carbonyl (C=O) groups excluding carboxylic acids is 1. The maximum Gasteiger partial charge on any atom is 0.220 e. The molecule has 0 aromatic carbocycles. The van der Waals surface area contributed by atoms with Crippen LogP contribution in [0.4, 0.5) is 0 Å². The van der Waals surface area contributed by atoms with Crippen molar-refractivity contribution in [3.8, 4) is 0 Å². The average molecular weight is 309 g/mol. The number of carbonyl (C=O) groups is 1. The van der Waals surface area contributed by atoms with Crippen LogP contribution in [-0.4, -0.2) is 49.6 Å². The third kappa shape index (κ3) is 5.88. The number of hydrogen-bond acceptors (Lipinski definition) is 3. The number of rotatable bonds is 6. The number of nitrogens with zero attached hydrogens (tertiary/aromatic N) is 1. The van der Waals surface area contributed by atoms with E-state index in [1.54, 1.807) is 0 Å². The fraction of sp³-hybridized carbons (Fsp3) is 0.944. The molecular formula is C18H35N3O. The predicted molar refractivity (Wildman–Crippen MR) is 91.8 cm³/mol. The highest BCUT2D eigenvalue weighted by Crippen LogP contribution is 2.22. The van der Waals surface area contributed by atoms with Gasteiger partial charge in [0.15, 0.2) is 0 Å². The topological polar surface area (TPSA) is 44.4 Å². The Kier molecular flexibility index (Phi) is 7.16. The minimum absolute atomic E-state index is 0.232. The van der Waals surface area contributed by atoms with Crippen LogP contribution in [0.3, 0.4) is 0 Å². The van der Waals surface area contributed by atoms with Crippen LogP contribution < -0.4 is 10.6 Å². The first-order valence-corrected chi connectivity index (χ1v) is 9.27. The van der Waals surface area contributed by atoms with Gasteiger partial charge in [0, 0.05) is 25.6 Å². The van der Waals surface area contributed by atoms with Crippen LogP contribution in [0.5, 0.6) is 0 Å². The number of piperidine rings is 2. The fourth-order valence-electron chi connectivity index (χ4n) is 4.04. The highest BCUT2D eigenvalue weighted by molar-refractivity contribution is 5.76. The molecule has 0 radical (unpaired) electrons. The van der Waals surface area contributed by atoms with Gasteiger partial charge < -0.3 is 15.5 Å². The second-order valence-electron chi connectivity index (χ2n) is 7.76. The molecule has 4 heteroatoms. The van der Waals surface area contributed by atoms with Gasteiger partial charge in [-0.25, -0.2) is 0 Å². The summed E-state index contributed by atoms with van der Waals surface area (Å²) in [5, 5.41) is 6.66. The van der Waals surface area contributed by atoms with Gasteiger partial charge in [0.1, 0.15) is 0 Å². The van der Waals surface area contributed by atoms with Crippen molar-refractivity contribution in [1.82, 2.24) is 15.5 Å². The Bertz CT molecular complexity index is 341.